The molecular weight excluding hydrogens is 403 g/mol. The fourth-order valence-corrected chi connectivity index (χ4v) is 4.09. The number of furan rings is 1. The van der Waals surface area contributed by atoms with Gasteiger partial charge in [0.1, 0.15) is 5.76 Å². The minimum absolute atomic E-state index is 0.536. The summed E-state index contributed by atoms with van der Waals surface area (Å²) in [6, 6.07) is 13.1. The standard InChI is InChI=1S/C19H14Cl2N4OS/c20-15-4-3-14(17(21)10-15)12-27-19-24-23-18(13-5-7-22-8-6-13)25(19)11-16-2-1-9-26-16/h1-10H,11-12H2. The lowest BCUT2D eigenvalue weighted by molar-refractivity contribution is 0.485. The van der Waals surface area contributed by atoms with Crippen molar-refractivity contribution in [3.8, 4) is 11.4 Å². The molecule has 4 rings (SSSR count). The van der Waals surface area contributed by atoms with E-state index in [1.54, 1.807) is 36.5 Å². The first-order chi connectivity index (χ1) is 13.2. The Morgan fingerprint density at radius 3 is 2.63 bits per heavy atom. The summed E-state index contributed by atoms with van der Waals surface area (Å²) < 4.78 is 7.54. The zero-order valence-electron chi connectivity index (χ0n) is 14.0. The second kappa shape index (κ2) is 8.17. The van der Waals surface area contributed by atoms with Crippen LogP contribution in [0.15, 0.2) is 70.7 Å². The zero-order chi connectivity index (χ0) is 18.6. The van der Waals surface area contributed by atoms with Crippen LogP contribution >= 0.6 is 35.0 Å². The number of hydrogen-bond acceptors (Lipinski definition) is 5. The van der Waals surface area contributed by atoms with E-state index in [2.05, 4.69) is 15.2 Å². The van der Waals surface area contributed by atoms with Crippen LogP contribution in [-0.2, 0) is 12.3 Å². The quantitative estimate of drug-likeness (QED) is 0.384. The van der Waals surface area contributed by atoms with E-state index < -0.39 is 0 Å². The lowest BCUT2D eigenvalue weighted by Crippen LogP contribution is -2.03. The van der Waals surface area contributed by atoms with Gasteiger partial charge in [-0.1, -0.05) is 41.0 Å². The van der Waals surface area contributed by atoms with Gasteiger partial charge >= 0.3 is 0 Å². The molecule has 0 radical (unpaired) electrons. The lowest BCUT2D eigenvalue weighted by Gasteiger charge is -2.09. The van der Waals surface area contributed by atoms with Gasteiger partial charge in [-0.05, 0) is 42.0 Å². The van der Waals surface area contributed by atoms with Crippen LogP contribution in [0.2, 0.25) is 10.0 Å². The fraction of sp³-hybridized carbons (Fsp3) is 0.105. The number of pyridine rings is 1. The summed E-state index contributed by atoms with van der Waals surface area (Å²) in [7, 11) is 0. The molecule has 0 N–H and O–H groups in total. The van der Waals surface area contributed by atoms with Crippen LogP contribution in [0, 0.1) is 0 Å². The maximum absolute atomic E-state index is 6.29. The Hall–Kier alpha value is -2.28. The third-order valence-corrected chi connectivity index (χ3v) is 5.52. The van der Waals surface area contributed by atoms with E-state index in [1.165, 1.54) is 0 Å². The van der Waals surface area contributed by atoms with E-state index in [4.69, 9.17) is 27.6 Å². The van der Waals surface area contributed by atoms with Gasteiger partial charge in [0.15, 0.2) is 11.0 Å². The van der Waals surface area contributed by atoms with Crippen molar-refractivity contribution in [1.82, 2.24) is 19.7 Å². The largest absolute Gasteiger partial charge is 0.467 e. The molecule has 3 aromatic heterocycles. The Morgan fingerprint density at radius 2 is 1.89 bits per heavy atom. The van der Waals surface area contributed by atoms with Gasteiger partial charge in [-0.3, -0.25) is 9.55 Å². The summed E-state index contributed by atoms with van der Waals surface area (Å²) in [6.07, 6.45) is 5.13. The van der Waals surface area contributed by atoms with Gasteiger partial charge < -0.3 is 4.42 Å². The topological polar surface area (TPSA) is 56.7 Å². The van der Waals surface area contributed by atoms with Crippen molar-refractivity contribution in [2.45, 2.75) is 17.5 Å². The van der Waals surface area contributed by atoms with Crippen LogP contribution in [-0.4, -0.2) is 19.7 Å². The maximum Gasteiger partial charge on any atom is 0.192 e. The van der Waals surface area contributed by atoms with Crippen molar-refractivity contribution in [1.29, 1.82) is 0 Å². The first kappa shape index (κ1) is 18.1. The fourth-order valence-electron chi connectivity index (χ4n) is 2.59. The molecule has 0 spiro atoms. The second-order valence-electron chi connectivity index (χ2n) is 5.73. The average Bonchev–Trinajstić information content (AvgIpc) is 3.32. The molecule has 0 atom stereocenters. The second-order valence-corrected chi connectivity index (χ2v) is 7.52. The van der Waals surface area contributed by atoms with Gasteiger partial charge in [-0.2, -0.15) is 0 Å². The number of aromatic nitrogens is 4. The molecule has 0 fully saturated rings. The van der Waals surface area contributed by atoms with Crippen LogP contribution in [0.5, 0.6) is 0 Å². The lowest BCUT2D eigenvalue weighted by atomic mass is 10.2. The highest BCUT2D eigenvalue weighted by Gasteiger charge is 2.16. The van der Waals surface area contributed by atoms with Crippen LogP contribution in [0.4, 0.5) is 0 Å². The smallest absolute Gasteiger partial charge is 0.192 e. The minimum atomic E-state index is 0.536. The van der Waals surface area contributed by atoms with E-state index in [1.807, 2.05) is 41.0 Å². The highest BCUT2D eigenvalue weighted by Crippen LogP contribution is 2.30. The van der Waals surface area contributed by atoms with Crippen LogP contribution in [0.25, 0.3) is 11.4 Å². The highest BCUT2D eigenvalue weighted by atomic mass is 35.5. The average molecular weight is 417 g/mol. The van der Waals surface area contributed by atoms with Gasteiger partial charge in [-0.25, -0.2) is 0 Å². The number of thioether (sulfide) groups is 1. The molecule has 3 heterocycles. The predicted molar refractivity (Wildman–Crippen MR) is 107 cm³/mol. The van der Waals surface area contributed by atoms with Crippen molar-refractivity contribution in [3.05, 3.63) is 82.5 Å². The van der Waals surface area contributed by atoms with Crippen molar-refractivity contribution < 1.29 is 4.42 Å². The SMILES string of the molecule is Clc1ccc(CSc2nnc(-c3ccncc3)n2Cc2ccco2)c(Cl)c1. The summed E-state index contributed by atoms with van der Waals surface area (Å²) in [5, 5.41) is 10.8. The molecule has 27 heavy (non-hydrogen) atoms. The van der Waals surface area contributed by atoms with Crippen LogP contribution in [0.1, 0.15) is 11.3 Å². The molecule has 0 unspecified atom stereocenters. The molecule has 0 saturated carbocycles. The van der Waals surface area contributed by atoms with E-state index in [0.29, 0.717) is 22.3 Å². The van der Waals surface area contributed by atoms with Gasteiger partial charge in [-0.15, -0.1) is 10.2 Å². The van der Waals surface area contributed by atoms with Gasteiger partial charge in [0.25, 0.3) is 0 Å². The summed E-state index contributed by atoms with van der Waals surface area (Å²) in [5.74, 6) is 2.25. The minimum Gasteiger partial charge on any atom is -0.467 e. The van der Waals surface area contributed by atoms with E-state index in [0.717, 1.165) is 27.9 Å². The number of hydrogen-bond donors (Lipinski definition) is 0. The summed E-state index contributed by atoms with van der Waals surface area (Å²) in [5.41, 5.74) is 1.93. The molecule has 0 amide bonds. The summed E-state index contributed by atoms with van der Waals surface area (Å²) >= 11 is 13.8. The van der Waals surface area contributed by atoms with Crippen LogP contribution in [0.3, 0.4) is 0 Å². The Labute approximate surface area is 170 Å². The number of benzene rings is 1. The highest BCUT2D eigenvalue weighted by molar-refractivity contribution is 7.98. The molecule has 0 bridgehead atoms. The molecule has 5 nitrogen and oxygen atoms in total. The predicted octanol–water partition coefficient (Wildman–Crippen LogP) is 5.58. The molecule has 0 saturated heterocycles. The summed E-state index contributed by atoms with van der Waals surface area (Å²) in [4.78, 5) is 4.07. The molecule has 1 aromatic carbocycles. The molecule has 4 aromatic rings. The van der Waals surface area contributed by atoms with Gasteiger partial charge in [0.05, 0.1) is 12.8 Å². The maximum atomic E-state index is 6.29. The number of rotatable bonds is 6. The third-order valence-electron chi connectivity index (χ3n) is 3.92. The molecule has 0 aliphatic rings. The Bertz CT molecular complexity index is 1040. The van der Waals surface area contributed by atoms with E-state index >= 15 is 0 Å². The first-order valence-corrected chi connectivity index (χ1v) is 9.87. The van der Waals surface area contributed by atoms with E-state index in [9.17, 15) is 0 Å². The summed E-state index contributed by atoms with van der Waals surface area (Å²) in [6.45, 7) is 0.536. The molecule has 136 valence electrons. The Morgan fingerprint density at radius 1 is 1.04 bits per heavy atom. The molecule has 0 aliphatic carbocycles. The molecule has 8 heteroatoms. The monoisotopic (exact) mass is 416 g/mol. The Balaban J connectivity index is 1.64. The number of nitrogens with zero attached hydrogens (tertiary/aromatic N) is 4. The van der Waals surface area contributed by atoms with Crippen LogP contribution < -0.4 is 0 Å². The molecular formula is C19H14Cl2N4OS. The zero-order valence-corrected chi connectivity index (χ0v) is 16.4. The van der Waals surface area contributed by atoms with Crippen molar-refractivity contribution in [2.24, 2.45) is 0 Å². The van der Waals surface area contributed by atoms with Crippen molar-refractivity contribution in [3.63, 3.8) is 0 Å². The third kappa shape index (κ3) is 4.18. The van der Waals surface area contributed by atoms with Gasteiger partial charge in [0, 0.05) is 33.8 Å². The Kier molecular flexibility index (Phi) is 5.48. The van der Waals surface area contributed by atoms with E-state index in [-0.39, 0.29) is 0 Å². The van der Waals surface area contributed by atoms with Crippen molar-refractivity contribution in [2.75, 3.05) is 0 Å². The molecule has 0 aliphatic heterocycles. The first-order valence-electron chi connectivity index (χ1n) is 8.13. The normalized spacial score (nSPS) is 11.0. The van der Waals surface area contributed by atoms with Crippen molar-refractivity contribution >= 4 is 35.0 Å². The number of halogens is 2. The van der Waals surface area contributed by atoms with Gasteiger partial charge in [0.2, 0.25) is 0 Å².